The Morgan fingerprint density at radius 3 is 2.75 bits per heavy atom. The molecule has 1 nitrogen and oxygen atoms in total. The third-order valence-corrected chi connectivity index (χ3v) is 2.21. The van der Waals surface area contributed by atoms with Crippen LogP contribution in [0.25, 0.3) is 0 Å². The summed E-state index contributed by atoms with van der Waals surface area (Å²) in [4.78, 5) is 0. The third kappa shape index (κ3) is 2.67. The monoisotopic (exact) mass is 163 g/mol. The Morgan fingerprint density at radius 1 is 1.58 bits per heavy atom. The molecule has 0 aliphatic carbocycles. The van der Waals surface area contributed by atoms with Crippen LogP contribution in [0, 0.1) is 5.92 Å². The molecule has 0 atom stereocenters. The minimum atomic E-state index is 0.852. The fourth-order valence-electron chi connectivity index (χ4n) is 1.30. The average molecular weight is 163 g/mol. The average Bonchev–Trinajstić information content (AvgIpc) is 2.02. The van der Waals surface area contributed by atoms with Gasteiger partial charge >= 0.3 is 0 Å². The first-order valence-electron chi connectivity index (χ1n) is 4.52. The molecule has 0 bridgehead atoms. The van der Waals surface area contributed by atoms with Crippen LogP contribution in [0.2, 0.25) is 0 Å². The maximum atomic E-state index is 3.65. The maximum Gasteiger partial charge on any atom is -0.000506 e. The molecular weight excluding hydrogens is 146 g/mol. The standard InChI is InChI=1S/C11H17N/c1-3-5-6-10(4-2)7-11-8-12-9-11/h3-6,11-12H,1,7-9H2,2H3/b6-5-,10-4+. The quantitative estimate of drug-likeness (QED) is 0.627. The highest BCUT2D eigenvalue weighted by Gasteiger charge is 2.16. The van der Waals surface area contributed by atoms with E-state index in [0.717, 1.165) is 5.92 Å². The molecule has 0 saturated carbocycles. The molecular formula is C11H17N. The van der Waals surface area contributed by atoms with Crippen LogP contribution in [0.3, 0.4) is 0 Å². The second kappa shape index (κ2) is 4.94. The molecule has 0 radical (unpaired) electrons. The Morgan fingerprint density at radius 2 is 2.33 bits per heavy atom. The van der Waals surface area contributed by atoms with E-state index in [1.165, 1.54) is 25.1 Å². The molecule has 1 fully saturated rings. The van der Waals surface area contributed by atoms with E-state index in [4.69, 9.17) is 0 Å². The molecule has 1 rings (SSSR count). The van der Waals surface area contributed by atoms with Gasteiger partial charge in [0.1, 0.15) is 0 Å². The van der Waals surface area contributed by atoms with Gasteiger partial charge in [0.2, 0.25) is 0 Å². The van der Waals surface area contributed by atoms with E-state index in [-0.39, 0.29) is 0 Å². The summed E-state index contributed by atoms with van der Waals surface area (Å²) in [7, 11) is 0. The Hall–Kier alpha value is -0.820. The number of hydrogen-bond acceptors (Lipinski definition) is 1. The van der Waals surface area contributed by atoms with E-state index in [1.54, 1.807) is 0 Å². The highest BCUT2D eigenvalue weighted by molar-refractivity contribution is 5.21. The smallest absolute Gasteiger partial charge is 0.000506 e. The van der Waals surface area contributed by atoms with E-state index in [9.17, 15) is 0 Å². The van der Waals surface area contributed by atoms with Crippen molar-refractivity contribution >= 4 is 0 Å². The Bertz CT molecular complexity index is 197. The van der Waals surface area contributed by atoms with Crippen LogP contribution in [0.15, 0.2) is 36.5 Å². The molecule has 0 unspecified atom stereocenters. The molecule has 0 amide bonds. The highest BCUT2D eigenvalue weighted by atomic mass is 14.9. The van der Waals surface area contributed by atoms with Gasteiger partial charge in [0.05, 0.1) is 0 Å². The SMILES string of the molecule is C=C/C=C\C(=C/C)CC1CNC1. The Labute approximate surface area is 74.9 Å². The molecule has 66 valence electrons. The summed E-state index contributed by atoms with van der Waals surface area (Å²) in [5, 5.41) is 3.28. The lowest BCUT2D eigenvalue weighted by Gasteiger charge is -2.27. The van der Waals surface area contributed by atoms with Gasteiger partial charge in [-0.2, -0.15) is 0 Å². The first-order chi connectivity index (χ1) is 5.86. The first kappa shape index (κ1) is 9.27. The van der Waals surface area contributed by atoms with Crippen molar-refractivity contribution in [3.05, 3.63) is 36.5 Å². The van der Waals surface area contributed by atoms with Gasteiger partial charge in [-0.05, 0) is 32.4 Å². The normalized spacial score (nSPS) is 19.6. The molecule has 0 spiro atoms. The number of hydrogen-bond donors (Lipinski definition) is 1. The van der Waals surface area contributed by atoms with Gasteiger partial charge in [-0.25, -0.2) is 0 Å². The second-order valence-corrected chi connectivity index (χ2v) is 3.19. The summed E-state index contributed by atoms with van der Waals surface area (Å²) in [6, 6.07) is 0. The van der Waals surface area contributed by atoms with Crippen molar-refractivity contribution in [3.63, 3.8) is 0 Å². The second-order valence-electron chi connectivity index (χ2n) is 3.19. The van der Waals surface area contributed by atoms with Crippen LogP contribution in [-0.4, -0.2) is 13.1 Å². The molecule has 1 saturated heterocycles. The van der Waals surface area contributed by atoms with Gasteiger partial charge in [-0.15, -0.1) is 0 Å². The molecule has 0 aromatic carbocycles. The van der Waals surface area contributed by atoms with Gasteiger partial charge in [-0.3, -0.25) is 0 Å². The van der Waals surface area contributed by atoms with Crippen molar-refractivity contribution in [2.24, 2.45) is 5.92 Å². The van der Waals surface area contributed by atoms with Gasteiger partial charge < -0.3 is 5.32 Å². The zero-order valence-electron chi connectivity index (χ0n) is 7.72. The van der Waals surface area contributed by atoms with E-state index in [2.05, 4.69) is 31.0 Å². The van der Waals surface area contributed by atoms with Crippen LogP contribution >= 0.6 is 0 Å². The van der Waals surface area contributed by atoms with E-state index >= 15 is 0 Å². The minimum absolute atomic E-state index is 0.852. The van der Waals surface area contributed by atoms with Crippen LogP contribution in [-0.2, 0) is 0 Å². The van der Waals surface area contributed by atoms with Crippen LogP contribution in [0.5, 0.6) is 0 Å². The van der Waals surface area contributed by atoms with Crippen molar-refractivity contribution in [2.75, 3.05) is 13.1 Å². The first-order valence-corrected chi connectivity index (χ1v) is 4.52. The lowest BCUT2D eigenvalue weighted by molar-refractivity contribution is 0.347. The fraction of sp³-hybridized carbons (Fsp3) is 0.455. The van der Waals surface area contributed by atoms with Gasteiger partial charge in [0.25, 0.3) is 0 Å². The van der Waals surface area contributed by atoms with Crippen molar-refractivity contribution in [1.29, 1.82) is 0 Å². The van der Waals surface area contributed by atoms with Crippen LogP contribution in [0.4, 0.5) is 0 Å². The van der Waals surface area contributed by atoms with Crippen molar-refractivity contribution in [3.8, 4) is 0 Å². The number of allylic oxidation sites excluding steroid dienone is 5. The van der Waals surface area contributed by atoms with Crippen molar-refractivity contribution in [2.45, 2.75) is 13.3 Å². The summed E-state index contributed by atoms with van der Waals surface area (Å²) >= 11 is 0. The van der Waals surface area contributed by atoms with Gasteiger partial charge in [0, 0.05) is 0 Å². The van der Waals surface area contributed by atoms with Crippen LogP contribution < -0.4 is 5.32 Å². The molecule has 1 aliphatic rings. The fourth-order valence-corrected chi connectivity index (χ4v) is 1.30. The minimum Gasteiger partial charge on any atom is -0.316 e. The lowest BCUT2D eigenvalue weighted by Crippen LogP contribution is -2.41. The van der Waals surface area contributed by atoms with E-state index < -0.39 is 0 Å². The Balaban J connectivity index is 2.34. The zero-order chi connectivity index (χ0) is 8.81. The summed E-state index contributed by atoms with van der Waals surface area (Å²) in [6.45, 7) is 8.11. The summed E-state index contributed by atoms with van der Waals surface area (Å²) in [5.74, 6) is 0.852. The van der Waals surface area contributed by atoms with Crippen LogP contribution in [0.1, 0.15) is 13.3 Å². The molecule has 1 N–H and O–H groups in total. The Kier molecular flexibility index (Phi) is 3.81. The van der Waals surface area contributed by atoms with Gasteiger partial charge in [-0.1, -0.05) is 36.5 Å². The molecule has 1 heterocycles. The largest absolute Gasteiger partial charge is 0.316 e. The predicted molar refractivity (Wildman–Crippen MR) is 54.1 cm³/mol. The number of rotatable bonds is 4. The summed E-state index contributed by atoms with van der Waals surface area (Å²) < 4.78 is 0. The topological polar surface area (TPSA) is 12.0 Å². The highest BCUT2D eigenvalue weighted by Crippen LogP contribution is 2.16. The molecule has 1 heteroatoms. The maximum absolute atomic E-state index is 3.65. The zero-order valence-corrected chi connectivity index (χ0v) is 7.72. The summed E-state index contributed by atoms with van der Waals surface area (Å²) in [6.07, 6.45) is 9.35. The van der Waals surface area contributed by atoms with Crippen molar-refractivity contribution < 1.29 is 0 Å². The number of nitrogens with one attached hydrogen (secondary N) is 1. The van der Waals surface area contributed by atoms with Gasteiger partial charge in [0.15, 0.2) is 0 Å². The predicted octanol–water partition coefficient (Wildman–Crippen LogP) is 2.28. The molecule has 12 heavy (non-hydrogen) atoms. The lowest BCUT2D eigenvalue weighted by atomic mass is 9.94. The third-order valence-electron chi connectivity index (χ3n) is 2.21. The molecule has 0 aromatic heterocycles. The summed E-state index contributed by atoms with van der Waals surface area (Å²) in [5.41, 5.74) is 1.42. The van der Waals surface area contributed by atoms with E-state index in [1.807, 2.05) is 12.2 Å². The van der Waals surface area contributed by atoms with Crippen molar-refractivity contribution in [1.82, 2.24) is 5.32 Å². The van der Waals surface area contributed by atoms with E-state index in [0.29, 0.717) is 0 Å². The molecule has 0 aromatic rings. The molecule has 1 aliphatic heterocycles.